The maximum atomic E-state index is 12.9. The minimum atomic E-state index is -0.232. The smallest absolute Gasteiger partial charge is 0.264 e. The van der Waals surface area contributed by atoms with E-state index in [1.807, 2.05) is 0 Å². The van der Waals surface area contributed by atoms with Crippen molar-refractivity contribution in [3.63, 3.8) is 0 Å². The predicted molar refractivity (Wildman–Crippen MR) is 179 cm³/mol. The molecule has 0 radical (unpaired) electrons. The van der Waals surface area contributed by atoms with Crippen LogP contribution in [0.3, 0.4) is 0 Å². The van der Waals surface area contributed by atoms with Crippen LogP contribution in [0.2, 0.25) is 0 Å². The highest BCUT2D eigenvalue weighted by atomic mass is 79.9. The monoisotopic (exact) mass is 699 g/mol. The van der Waals surface area contributed by atoms with E-state index in [0.717, 1.165) is 36.1 Å². The standard InChI is InChI=1S/C34H27Br2N3O2S/c35-23-15-22(32(40)29(36)17-23)16-30-33(41)38-34(42-30)37-24-18-27-25(20-7-3-1-4-8-20)11-13-39-14-12-26(28(19-24)31(27)39)21-9-5-2-6-10-21/h1-10,15-19,25-26,40H,11-14H2,(H,37,38,41)/b30-16-/t25-,26-/m1/s1. The summed E-state index contributed by atoms with van der Waals surface area (Å²) in [4.78, 5) is 21.0. The molecule has 1 saturated heterocycles. The number of nitrogens with one attached hydrogen (secondary N) is 1. The van der Waals surface area contributed by atoms with Crippen molar-refractivity contribution in [3.05, 3.63) is 127 Å². The van der Waals surface area contributed by atoms with Gasteiger partial charge in [0, 0.05) is 40.6 Å². The molecular formula is C34H27Br2N3O2S. The van der Waals surface area contributed by atoms with Crippen LogP contribution in [0.1, 0.15) is 52.5 Å². The first-order valence-corrected chi connectivity index (χ1v) is 16.3. The van der Waals surface area contributed by atoms with Gasteiger partial charge in [0.2, 0.25) is 0 Å². The van der Waals surface area contributed by atoms with Gasteiger partial charge in [0.1, 0.15) is 5.75 Å². The lowest BCUT2D eigenvalue weighted by Gasteiger charge is -2.43. The lowest BCUT2D eigenvalue weighted by atomic mass is 9.76. The molecule has 3 aliphatic rings. The van der Waals surface area contributed by atoms with Crippen LogP contribution in [0, 0.1) is 0 Å². The normalized spacial score (nSPS) is 21.5. The van der Waals surface area contributed by atoms with Crippen molar-refractivity contribution in [2.24, 2.45) is 4.99 Å². The number of aromatic hydroxyl groups is 1. The molecule has 2 atom stereocenters. The number of benzene rings is 4. The average Bonchev–Trinajstić information content (AvgIpc) is 3.34. The molecule has 210 valence electrons. The number of hydrogen-bond acceptors (Lipinski definition) is 5. The van der Waals surface area contributed by atoms with Gasteiger partial charge >= 0.3 is 0 Å². The molecule has 8 heteroatoms. The topological polar surface area (TPSA) is 64.9 Å². The molecule has 42 heavy (non-hydrogen) atoms. The number of halogens is 2. The molecule has 0 spiro atoms. The van der Waals surface area contributed by atoms with Gasteiger partial charge in [0.15, 0.2) is 5.17 Å². The Morgan fingerprint density at radius 2 is 1.48 bits per heavy atom. The molecule has 4 aromatic carbocycles. The minimum Gasteiger partial charge on any atom is -0.506 e. The molecule has 1 amide bonds. The highest BCUT2D eigenvalue weighted by Gasteiger charge is 2.35. The van der Waals surface area contributed by atoms with E-state index in [1.54, 1.807) is 18.2 Å². The number of phenolic OH excluding ortho intramolecular Hbond substituents is 1. The van der Waals surface area contributed by atoms with Crippen molar-refractivity contribution in [2.75, 3.05) is 18.0 Å². The van der Waals surface area contributed by atoms with Crippen molar-refractivity contribution in [1.82, 2.24) is 5.32 Å². The minimum absolute atomic E-state index is 0.0849. The Kier molecular flexibility index (Phi) is 7.46. The first-order chi connectivity index (χ1) is 20.4. The number of carbonyl (C=O) groups excluding carboxylic acids is 1. The number of nitrogens with zero attached hydrogens (tertiary/aromatic N) is 2. The van der Waals surface area contributed by atoms with Gasteiger partial charge in [-0.1, -0.05) is 76.6 Å². The number of anilines is 1. The van der Waals surface area contributed by atoms with E-state index in [4.69, 9.17) is 4.99 Å². The zero-order valence-electron chi connectivity index (χ0n) is 22.6. The van der Waals surface area contributed by atoms with E-state index < -0.39 is 0 Å². The Bertz CT molecular complexity index is 1690. The second-order valence-electron chi connectivity index (χ2n) is 10.8. The molecular weight excluding hydrogens is 674 g/mol. The van der Waals surface area contributed by atoms with Crippen molar-refractivity contribution < 1.29 is 9.90 Å². The van der Waals surface area contributed by atoms with Gasteiger partial charge in [-0.25, -0.2) is 4.99 Å². The molecule has 2 N–H and O–H groups in total. The summed E-state index contributed by atoms with van der Waals surface area (Å²) in [6.45, 7) is 2.07. The zero-order valence-corrected chi connectivity index (χ0v) is 26.5. The van der Waals surface area contributed by atoms with Crippen LogP contribution in [-0.4, -0.2) is 29.3 Å². The van der Waals surface area contributed by atoms with Crippen molar-refractivity contribution in [3.8, 4) is 5.75 Å². The number of thioether (sulfide) groups is 1. The fourth-order valence-electron chi connectivity index (χ4n) is 6.34. The Hall–Kier alpha value is -3.33. The number of amidine groups is 1. The van der Waals surface area contributed by atoms with Crippen LogP contribution in [0.5, 0.6) is 5.75 Å². The third kappa shape index (κ3) is 5.21. The molecule has 0 aliphatic carbocycles. The first-order valence-electron chi connectivity index (χ1n) is 13.9. The molecule has 0 aromatic heterocycles. The number of aliphatic imine (C=N–C) groups is 1. The molecule has 0 saturated carbocycles. The summed E-state index contributed by atoms with van der Waals surface area (Å²) in [5.74, 6) is 0.418. The maximum absolute atomic E-state index is 12.9. The summed E-state index contributed by atoms with van der Waals surface area (Å²) < 4.78 is 1.35. The Morgan fingerprint density at radius 3 is 2.07 bits per heavy atom. The van der Waals surface area contributed by atoms with E-state index in [1.165, 1.54) is 39.7 Å². The molecule has 3 aliphatic heterocycles. The summed E-state index contributed by atoms with van der Waals surface area (Å²) in [7, 11) is 0. The largest absolute Gasteiger partial charge is 0.506 e. The summed E-state index contributed by atoms with van der Waals surface area (Å²) in [6.07, 6.45) is 3.80. The molecule has 1 fully saturated rings. The number of hydrogen-bond donors (Lipinski definition) is 2. The predicted octanol–water partition coefficient (Wildman–Crippen LogP) is 8.69. The van der Waals surface area contributed by atoms with E-state index in [9.17, 15) is 9.90 Å². The zero-order chi connectivity index (χ0) is 28.8. The quantitative estimate of drug-likeness (QED) is 0.209. The summed E-state index contributed by atoms with van der Waals surface area (Å²) in [5, 5.41) is 14.0. The third-order valence-corrected chi connectivity index (χ3v) is 10.2. The third-order valence-electron chi connectivity index (χ3n) is 8.23. The highest BCUT2D eigenvalue weighted by molar-refractivity contribution is 9.11. The van der Waals surface area contributed by atoms with Crippen molar-refractivity contribution in [2.45, 2.75) is 24.7 Å². The fraction of sp³-hybridized carbons (Fsp3) is 0.176. The highest BCUT2D eigenvalue weighted by Crippen LogP contribution is 2.50. The van der Waals surface area contributed by atoms with Crippen LogP contribution in [-0.2, 0) is 4.79 Å². The molecule has 0 bridgehead atoms. The maximum Gasteiger partial charge on any atom is 0.264 e. The second-order valence-corrected chi connectivity index (χ2v) is 13.6. The van der Waals surface area contributed by atoms with Gasteiger partial charge in [-0.05, 0) is 93.1 Å². The number of amides is 1. The van der Waals surface area contributed by atoms with Gasteiger partial charge in [-0.3, -0.25) is 4.79 Å². The average molecular weight is 701 g/mol. The molecule has 0 unspecified atom stereocenters. The van der Waals surface area contributed by atoms with Crippen molar-refractivity contribution >= 4 is 72.1 Å². The number of phenols is 1. The van der Waals surface area contributed by atoms with Crippen LogP contribution in [0.15, 0.2) is 104 Å². The number of carbonyl (C=O) groups is 1. The first kappa shape index (κ1) is 27.5. The van der Waals surface area contributed by atoms with E-state index in [-0.39, 0.29) is 23.5 Å². The molecule has 7 rings (SSSR count). The Labute approximate surface area is 266 Å². The van der Waals surface area contributed by atoms with Gasteiger partial charge in [-0.15, -0.1) is 0 Å². The van der Waals surface area contributed by atoms with Crippen LogP contribution in [0.25, 0.3) is 6.08 Å². The van der Waals surface area contributed by atoms with Crippen molar-refractivity contribution in [1.29, 1.82) is 0 Å². The SMILES string of the molecule is O=C1NC(=Nc2cc3c4c(c2)[C@@H](c2ccccc2)CCN4CC[C@@H]3c2ccccc2)S/C1=C\c1cc(Br)cc(Br)c1O. The summed E-state index contributed by atoms with van der Waals surface area (Å²) in [6, 6.07) is 29.5. The number of rotatable bonds is 4. The second kappa shape index (κ2) is 11.4. The van der Waals surface area contributed by atoms with Crippen LogP contribution in [0.4, 0.5) is 11.4 Å². The van der Waals surface area contributed by atoms with Crippen LogP contribution >= 0.6 is 43.6 Å². The molecule has 5 nitrogen and oxygen atoms in total. The van der Waals surface area contributed by atoms with E-state index >= 15 is 0 Å². The van der Waals surface area contributed by atoms with E-state index in [2.05, 4.69) is 115 Å². The Balaban J connectivity index is 1.31. The molecule has 3 heterocycles. The van der Waals surface area contributed by atoms with E-state index in [0.29, 0.717) is 20.1 Å². The van der Waals surface area contributed by atoms with Gasteiger partial charge in [0.25, 0.3) is 5.91 Å². The summed E-state index contributed by atoms with van der Waals surface area (Å²) >= 11 is 8.12. The Morgan fingerprint density at radius 1 is 0.881 bits per heavy atom. The van der Waals surface area contributed by atoms with Gasteiger partial charge < -0.3 is 15.3 Å². The fourth-order valence-corrected chi connectivity index (χ4v) is 8.43. The molecule has 4 aromatic rings. The van der Waals surface area contributed by atoms with Crippen LogP contribution < -0.4 is 10.2 Å². The lowest BCUT2D eigenvalue weighted by molar-refractivity contribution is -0.115. The van der Waals surface area contributed by atoms with Gasteiger partial charge in [0.05, 0.1) is 15.1 Å². The lowest BCUT2D eigenvalue weighted by Crippen LogP contribution is -2.37. The van der Waals surface area contributed by atoms with Gasteiger partial charge in [-0.2, -0.15) is 0 Å². The summed E-state index contributed by atoms with van der Waals surface area (Å²) in [5.41, 5.74) is 7.98.